The molecule has 0 aromatic heterocycles. The van der Waals surface area contributed by atoms with E-state index in [1.54, 1.807) is 36.4 Å². The number of anilines is 1. The molecule has 43 heavy (non-hydrogen) atoms. The third-order valence-corrected chi connectivity index (χ3v) is 9.32. The molecule has 6 nitrogen and oxygen atoms in total. The van der Waals surface area contributed by atoms with Gasteiger partial charge in [0.15, 0.2) is 11.6 Å². The van der Waals surface area contributed by atoms with E-state index in [1.807, 2.05) is 72.6 Å². The molecule has 1 amide bonds. The van der Waals surface area contributed by atoms with Crippen molar-refractivity contribution >= 4 is 52.4 Å². The molecule has 214 valence electrons. The van der Waals surface area contributed by atoms with Crippen LogP contribution >= 0.6 is 23.2 Å². The second-order valence-corrected chi connectivity index (χ2v) is 11.7. The van der Waals surface area contributed by atoms with E-state index in [9.17, 15) is 9.59 Å². The zero-order valence-corrected chi connectivity index (χ0v) is 24.6. The number of carbonyl (C=O) groups excluding carboxylic acids is 3. The Labute approximate surface area is 258 Å². The Balaban J connectivity index is 1.55. The summed E-state index contributed by atoms with van der Waals surface area (Å²) in [7, 11) is 0. The number of Topliss-reactive ketones (excluding diaryl/α,β-unsaturated/α-hetero) is 2. The topological polar surface area (TPSA) is 75.7 Å². The number of rotatable bonds is 6. The van der Waals surface area contributed by atoms with Gasteiger partial charge in [-0.3, -0.25) is 14.4 Å². The third-order valence-electron chi connectivity index (χ3n) is 8.77. The molecule has 1 spiro atoms. The lowest BCUT2D eigenvalue weighted by Gasteiger charge is -2.38. The largest absolute Gasteiger partial charge is 0.493 e. The number of fused-ring (bicyclic) bond motifs is 6. The smallest absolute Gasteiger partial charge is 0.238 e. The maximum absolute atomic E-state index is 15.1. The minimum atomic E-state index is -1.45. The minimum absolute atomic E-state index is 0.175. The van der Waals surface area contributed by atoms with Crippen LogP contribution in [-0.4, -0.2) is 35.0 Å². The van der Waals surface area contributed by atoms with Crippen LogP contribution in [0.4, 0.5) is 5.69 Å². The average Bonchev–Trinajstić information content (AvgIpc) is 3.49. The molecule has 0 unspecified atom stereocenters. The first-order valence-electron chi connectivity index (χ1n) is 14.1. The van der Waals surface area contributed by atoms with Gasteiger partial charge in [-0.2, -0.15) is 0 Å². The summed E-state index contributed by atoms with van der Waals surface area (Å²) >= 11 is 12.8. The summed E-state index contributed by atoms with van der Waals surface area (Å²) in [4.78, 5) is 46.3. The van der Waals surface area contributed by atoms with Crippen molar-refractivity contribution in [1.29, 1.82) is 0 Å². The Hall–Kier alpha value is -4.39. The number of hydrogen-bond donors (Lipinski definition) is 1. The summed E-state index contributed by atoms with van der Waals surface area (Å²) < 4.78 is 5.88. The molecule has 3 aliphatic rings. The van der Waals surface area contributed by atoms with E-state index in [-0.39, 0.29) is 28.1 Å². The van der Waals surface area contributed by atoms with Crippen LogP contribution in [-0.2, 0) is 10.2 Å². The van der Waals surface area contributed by atoms with Crippen molar-refractivity contribution in [3.63, 3.8) is 0 Å². The number of carbonyl (C=O) groups is 3. The number of benzene rings is 4. The molecule has 0 bridgehead atoms. The summed E-state index contributed by atoms with van der Waals surface area (Å²) in [5, 5.41) is 3.62. The fourth-order valence-electron chi connectivity index (χ4n) is 7.14. The molecule has 4 aromatic carbocycles. The van der Waals surface area contributed by atoms with Crippen LogP contribution in [0.3, 0.4) is 0 Å². The van der Waals surface area contributed by atoms with Gasteiger partial charge in [0.2, 0.25) is 5.91 Å². The van der Waals surface area contributed by atoms with E-state index in [1.165, 1.54) is 6.07 Å². The molecule has 0 saturated carbocycles. The summed E-state index contributed by atoms with van der Waals surface area (Å²) in [6.45, 7) is 2.19. The number of nitrogens with one attached hydrogen (secondary N) is 1. The van der Waals surface area contributed by atoms with E-state index >= 15 is 4.79 Å². The monoisotopic (exact) mass is 608 g/mol. The predicted octanol–water partition coefficient (Wildman–Crippen LogP) is 7.37. The van der Waals surface area contributed by atoms with Crippen molar-refractivity contribution in [2.45, 2.75) is 24.4 Å². The SMILES string of the molecule is CCOc1ccccc1C(=O)[C@@H]1[C@H](C(=O)c2ccc(Cl)cc2Cl)N2C=Cc3ccccc3[C@@H]2[C@@]12C(=O)Nc1ccccc12. The van der Waals surface area contributed by atoms with E-state index in [4.69, 9.17) is 27.9 Å². The molecule has 4 aromatic rings. The van der Waals surface area contributed by atoms with Gasteiger partial charge in [0.25, 0.3) is 0 Å². The van der Waals surface area contributed by atoms with Gasteiger partial charge >= 0.3 is 0 Å². The summed E-state index contributed by atoms with van der Waals surface area (Å²) in [6.07, 6.45) is 3.75. The number of nitrogens with zero attached hydrogens (tertiary/aromatic N) is 1. The van der Waals surface area contributed by atoms with Crippen LogP contribution in [0.2, 0.25) is 10.0 Å². The molecule has 1 fully saturated rings. The Morgan fingerprint density at radius 2 is 1.65 bits per heavy atom. The van der Waals surface area contributed by atoms with Crippen LogP contribution in [0.5, 0.6) is 5.75 Å². The molecule has 3 heterocycles. The Kier molecular flexibility index (Phi) is 6.64. The minimum Gasteiger partial charge on any atom is -0.493 e. The lowest BCUT2D eigenvalue weighted by molar-refractivity contribution is -0.122. The molecule has 3 aliphatic heterocycles. The summed E-state index contributed by atoms with van der Waals surface area (Å²) in [5.41, 5.74) is 2.14. The highest BCUT2D eigenvalue weighted by Crippen LogP contribution is 2.62. The van der Waals surface area contributed by atoms with Crippen molar-refractivity contribution in [2.75, 3.05) is 11.9 Å². The van der Waals surface area contributed by atoms with E-state index < -0.39 is 23.4 Å². The summed E-state index contributed by atoms with van der Waals surface area (Å²) in [6, 6.07) is 25.1. The van der Waals surface area contributed by atoms with Gasteiger partial charge in [-0.25, -0.2) is 0 Å². The van der Waals surface area contributed by atoms with Gasteiger partial charge in [0.1, 0.15) is 17.2 Å². The Morgan fingerprint density at radius 3 is 2.47 bits per heavy atom. The molecule has 0 radical (unpaired) electrons. The van der Waals surface area contributed by atoms with Gasteiger partial charge in [0.05, 0.1) is 29.2 Å². The Bertz CT molecular complexity index is 1850. The predicted molar refractivity (Wildman–Crippen MR) is 167 cm³/mol. The number of halogens is 2. The van der Waals surface area contributed by atoms with E-state index in [0.717, 1.165) is 11.1 Å². The first kappa shape index (κ1) is 27.4. The van der Waals surface area contributed by atoms with Crippen molar-refractivity contribution in [1.82, 2.24) is 4.90 Å². The average molecular weight is 610 g/mol. The second kappa shape index (κ2) is 10.4. The van der Waals surface area contributed by atoms with Gasteiger partial charge in [-0.1, -0.05) is 77.8 Å². The molecule has 7 rings (SSSR count). The lowest BCUT2D eigenvalue weighted by Crippen LogP contribution is -2.49. The highest BCUT2D eigenvalue weighted by Gasteiger charge is 2.71. The number of ketones is 2. The lowest BCUT2D eigenvalue weighted by atomic mass is 9.62. The van der Waals surface area contributed by atoms with Crippen LogP contribution in [0.15, 0.2) is 97.2 Å². The zero-order valence-electron chi connectivity index (χ0n) is 23.1. The fourth-order valence-corrected chi connectivity index (χ4v) is 7.64. The van der Waals surface area contributed by atoms with Crippen LogP contribution in [0.25, 0.3) is 6.08 Å². The number of hydrogen-bond acceptors (Lipinski definition) is 5. The quantitative estimate of drug-likeness (QED) is 0.231. The normalized spacial score (nSPS) is 23.0. The fraction of sp³-hybridized carbons (Fsp3) is 0.171. The third kappa shape index (κ3) is 3.97. The van der Waals surface area contributed by atoms with E-state index in [0.29, 0.717) is 34.2 Å². The second-order valence-electron chi connectivity index (χ2n) is 10.9. The number of ether oxygens (including phenoxy) is 1. The Morgan fingerprint density at radius 1 is 0.907 bits per heavy atom. The maximum atomic E-state index is 15.1. The summed E-state index contributed by atoms with van der Waals surface area (Å²) in [5.74, 6) is -1.82. The van der Waals surface area contributed by atoms with Crippen LogP contribution in [0.1, 0.15) is 50.4 Å². The molecule has 1 saturated heterocycles. The van der Waals surface area contributed by atoms with Gasteiger partial charge < -0.3 is 15.0 Å². The standard InChI is InChI=1S/C35H26Cl2N2O4/c1-2-43-28-14-8-5-11-24(28)31(40)29-30(32(41)23-16-15-21(36)19-26(23)37)39-18-17-20-9-3-4-10-22(20)33(39)35(29)25-12-6-7-13-27(25)38-34(35)42/h3-19,29-30,33H,2H2,1H3,(H,38,42)/t29-,30+,33+,35-/m0/s1. The van der Waals surface area contributed by atoms with Crippen molar-refractivity contribution in [3.05, 3.63) is 135 Å². The first-order valence-corrected chi connectivity index (χ1v) is 14.8. The maximum Gasteiger partial charge on any atom is 0.238 e. The van der Waals surface area contributed by atoms with Gasteiger partial charge in [0, 0.05) is 22.5 Å². The van der Waals surface area contributed by atoms with E-state index in [2.05, 4.69) is 5.32 Å². The van der Waals surface area contributed by atoms with Crippen LogP contribution in [0, 0.1) is 5.92 Å². The molecule has 0 aliphatic carbocycles. The van der Waals surface area contributed by atoms with Gasteiger partial charge in [-0.15, -0.1) is 0 Å². The van der Waals surface area contributed by atoms with Crippen molar-refractivity contribution in [2.24, 2.45) is 5.92 Å². The molecule has 1 N–H and O–H groups in total. The molecular weight excluding hydrogens is 583 g/mol. The first-order chi connectivity index (χ1) is 20.9. The number of para-hydroxylation sites is 2. The molecule has 8 heteroatoms. The highest BCUT2D eigenvalue weighted by atomic mass is 35.5. The number of amides is 1. The zero-order chi connectivity index (χ0) is 29.9. The van der Waals surface area contributed by atoms with Crippen molar-refractivity contribution in [3.8, 4) is 5.75 Å². The molecular formula is C35H26Cl2N2O4. The van der Waals surface area contributed by atoms with Crippen LogP contribution < -0.4 is 10.1 Å². The van der Waals surface area contributed by atoms with Gasteiger partial charge in [-0.05, 0) is 66.1 Å². The van der Waals surface area contributed by atoms with Crippen molar-refractivity contribution < 1.29 is 19.1 Å². The highest BCUT2D eigenvalue weighted by molar-refractivity contribution is 6.37. The molecule has 4 atom stereocenters.